The Morgan fingerprint density at radius 2 is 0.625 bits per heavy atom. The standard InChI is InChI=1S/C20H48N2Si2/c1-15(2)23(16(3)4,19(9,10)11)21-22-24(17(5)6,18(7)8)20(12,13)14/h15-18,21-22H,1-14H3. The lowest BCUT2D eigenvalue weighted by atomic mass is 10.2. The maximum Gasteiger partial charge on any atom is 0.151 e. The first-order valence-electron chi connectivity index (χ1n) is 10.0. The molecule has 0 aromatic heterocycles. The minimum Gasteiger partial charge on any atom is -0.284 e. The van der Waals surface area contributed by atoms with Crippen LogP contribution in [-0.4, -0.2) is 16.5 Å². The molecule has 146 valence electrons. The fourth-order valence-corrected chi connectivity index (χ4v) is 19.1. The zero-order valence-electron chi connectivity index (χ0n) is 19.3. The maximum atomic E-state index is 4.13. The average molecular weight is 373 g/mol. The molecule has 0 fully saturated rings. The average Bonchev–Trinajstić information content (AvgIpc) is 2.28. The van der Waals surface area contributed by atoms with Crippen molar-refractivity contribution in [2.45, 2.75) is 129 Å². The third-order valence-electron chi connectivity index (χ3n) is 6.60. The van der Waals surface area contributed by atoms with Crippen molar-refractivity contribution in [3.63, 3.8) is 0 Å². The van der Waals surface area contributed by atoms with Crippen LogP contribution < -0.4 is 10.2 Å². The summed E-state index contributed by atoms with van der Waals surface area (Å²) in [5, 5.41) is 8.89. The van der Waals surface area contributed by atoms with Gasteiger partial charge in [-0.3, -0.25) is 10.2 Å². The SMILES string of the molecule is CC(C)[Si](NN[Si](C(C)C)(C(C)C)C(C)(C)C)(C(C)C)C(C)(C)C. The molecule has 0 aromatic rings. The van der Waals surface area contributed by atoms with Gasteiger partial charge in [0.2, 0.25) is 0 Å². The Morgan fingerprint density at radius 3 is 0.708 bits per heavy atom. The van der Waals surface area contributed by atoms with E-state index in [4.69, 9.17) is 0 Å². The molecule has 0 unspecified atom stereocenters. The molecule has 0 saturated heterocycles. The van der Waals surface area contributed by atoms with Crippen LogP contribution in [0.25, 0.3) is 0 Å². The Balaban J connectivity index is 6.07. The molecule has 0 aliphatic rings. The molecule has 0 atom stereocenters. The topological polar surface area (TPSA) is 24.1 Å². The number of hydrazine groups is 1. The van der Waals surface area contributed by atoms with E-state index in [1.54, 1.807) is 0 Å². The van der Waals surface area contributed by atoms with Crippen molar-refractivity contribution in [3.05, 3.63) is 0 Å². The summed E-state index contributed by atoms with van der Waals surface area (Å²) in [4.78, 5) is 0. The summed E-state index contributed by atoms with van der Waals surface area (Å²) in [5.74, 6) is 0. The van der Waals surface area contributed by atoms with E-state index in [9.17, 15) is 0 Å². The van der Waals surface area contributed by atoms with Gasteiger partial charge in [-0.25, -0.2) is 0 Å². The first-order valence-corrected chi connectivity index (χ1v) is 14.3. The van der Waals surface area contributed by atoms with Crippen molar-refractivity contribution in [1.82, 2.24) is 10.2 Å². The van der Waals surface area contributed by atoms with Crippen LogP contribution in [0.15, 0.2) is 0 Å². The Labute approximate surface area is 156 Å². The van der Waals surface area contributed by atoms with Crippen molar-refractivity contribution in [1.29, 1.82) is 0 Å². The summed E-state index contributed by atoms with van der Waals surface area (Å²) in [5.41, 5.74) is 2.76. The smallest absolute Gasteiger partial charge is 0.151 e. The number of hydrogen-bond acceptors (Lipinski definition) is 2. The molecular formula is C20H48N2Si2. The van der Waals surface area contributed by atoms with Gasteiger partial charge >= 0.3 is 0 Å². The highest BCUT2D eigenvalue weighted by atomic mass is 28.3. The maximum absolute atomic E-state index is 4.13. The van der Waals surface area contributed by atoms with Gasteiger partial charge in [0.25, 0.3) is 0 Å². The number of hydrogen-bond donors (Lipinski definition) is 2. The fraction of sp³-hybridized carbons (Fsp3) is 1.00. The van der Waals surface area contributed by atoms with Gasteiger partial charge in [-0.2, -0.15) is 0 Å². The second kappa shape index (κ2) is 7.93. The number of rotatable bonds is 7. The van der Waals surface area contributed by atoms with Crippen LogP contribution in [0.2, 0.25) is 32.2 Å². The molecule has 0 aliphatic heterocycles. The predicted molar refractivity (Wildman–Crippen MR) is 118 cm³/mol. The van der Waals surface area contributed by atoms with Crippen LogP contribution in [0.3, 0.4) is 0 Å². The van der Waals surface area contributed by atoms with Crippen molar-refractivity contribution in [3.8, 4) is 0 Å². The molecule has 0 aliphatic carbocycles. The third-order valence-corrected chi connectivity index (χ3v) is 20.2. The summed E-state index contributed by atoms with van der Waals surface area (Å²) in [6.45, 7) is 34.1. The van der Waals surface area contributed by atoms with Gasteiger partial charge in [-0.1, -0.05) is 96.9 Å². The molecule has 0 aromatic carbocycles. The molecular weight excluding hydrogens is 324 g/mol. The van der Waals surface area contributed by atoms with Crippen LogP contribution in [0, 0.1) is 0 Å². The molecule has 0 rings (SSSR count). The van der Waals surface area contributed by atoms with Gasteiger partial charge in [-0.05, 0) is 32.2 Å². The van der Waals surface area contributed by atoms with E-state index in [-0.39, 0.29) is 0 Å². The highest BCUT2D eigenvalue weighted by Crippen LogP contribution is 2.50. The van der Waals surface area contributed by atoms with E-state index >= 15 is 0 Å². The van der Waals surface area contributed by atoms with E-state index in [0.29, 0.717) is 32.2 Å². The Morgan fingerprint density at radius 1 is 0.458 bits per heavy atom. The van der Waals surface area contributed by atoms with E-state index in [2.05, 4.69) is 107 Å². The van der Waals surface area contributed by atoms with Gasteiger partial charge in [0.05, 0.1) is 0 Å². The highest BCUT2D eigenvalue weighted by molar-refractivity contribution is 6.86. The first kappa shape index (κ1) is 24.4. The van der Waals surface area contributed by atoms with Crippen LogP contribution in [0.4, 0.5) is 0 Å². The van der Waals surface area contributed by atoms with Crippen LogP contribution >= 0.6 is 0 Å². The van der Waals surface area contributed by atoms with E-state index in [1.807, 2.05) is 0 Å². The quantitative estimate of drug-likeness (QED) is 0.364. The van der Waals surface area contributed by atoms with Crippen molar-refractivity contribution in [2.75, 3.05) is 0 Å². The lowest BCUT2D eigenvalue weighted by molar-refractivity contribution is 0.566. The summed E-state index contributed by atoms with van der Waals surface area (Å²) < 4.78 is 0. The molecule has 0 saturated carbocycles. The van der Waals surface area contributed by atoms with Crippen LogP contribution in [-0.2, 0) is 0 Å². The molecule has 0 radical (unpaired) electrons. The Hall–Kier alpha value is 0.354. The second-order valence-electron chi connectivity index (χ2n) is 11.1. The highest BCUT2D eigenvalue weighted by Gasteiger charge is 2.54. The molecule has 0 heterocycles. The van der Waals surface area contributed by atoms with Gasteiger partial charge in [-0.15, -0.1) is 0 Å². The van der Waals surface area contributed by atoms with Crippen LogP contribution in [0.1, 0.15) is 96.9 Å². The van der Waals surface area contributed by atoms with Gasteiger partial charge in [0, 0.05) is 0 Å². The lowest BCUT2D eigenvalue weighted by Gasteiger charge is -2.55. The summed E-state index contributed by atoms with van der Waals surface area (Å²) in [7, 11) is -3.52. The van der Waals surface area contributed by atoms with Gasteiger partial charge in [0.1, 0.15) is 0 Å². The Kier molecular flexibility index (Phi) is 8.05. The number of nitrogens with one attached hydrogen (secondary N) is 2. The van der Waals surface area contributed by atoms with E-state index in [1.165, 1.54) is 0 Å². The van der Waals surface area contributed by atoms with Crippen molar-refractivity contribution >= 4 is 16.5 Å². The minimum atomic E-state index is -1.76. The predicted octanol–water partition coefficient (Wildman–Crippen LogP) is 7.21. The first-order chi connectivity index (χ1) is 10.5. The van der Waals surface area contributed by atoms with Gasteiger partial charge in [0.15, 0.2) is 16.5 Å². The largest absolute Gasteiger partial charge is 0.284 e. The molecule has 0 amide bonds. The van der Waals surface area contributed by atoms with Crippen molar-refractivity contribution in [2.24, 2.45) is 0 Å². The van der Waals surface area contributed by atoms with E-state index in [0.717, 1.165) is 0 Å². The zero-order valence-corrected chi connectivity index (χ0v) is 21.3. The molecule has 24 heavy (non-hydrogen) atoms. The molecule has 2 nitrogen and oxygen atoms in total. The lowest BCUT2D eigenvalue weighted by Crippen LogP contribution is -2.75. The third kappa shape index (κ3) is 4.18. The van der Waals surface area contributed by atoms with E-state index < -0.39 is 16.5 Å². The molecule has 0 spiro atoms. The zero-order chi connectivity index (χ0) is 19.7. The summed E-state index contributed by atoms with van der Waals surface area (Å²) in [6.07, 6.45) is 0. The Bertz CT molecular complexity index is 333. The molecule has 2 N–H and O–H groups in total. The van der Waals surface area contributed by atoms with Crippen molar-refractivity contribution < 1.29 is 0 Å². The van der Waals surface area contributed by atoms with Crippen LogP contribution in [0.5, 0.6) is 0 Å². The fourth-order valence-electron chi connectivity index (χ4n) is 5.96. The summed E-state index contributed by atoms with van der Waals surface area (Å²) in [6, 6.07) is 0. The normalized spacial score (nSPS) is 15.2. The molecule has 0 bridgehead atoms. The summed E-state index contributed by atoms with van der Waals surface area (Å²) >= 11 is 0. The van der Waals surface area contributed by atoms with Gasteiger partial charge < -0.3 is 0 Å². The second-order valence-corrected chi connectivity index (χ2v) is 22.7. The monoisotopic (exact) mass is 372 g/mol. The molecule has 4 heteroatoms. The minimum absolute atomic E-state index is 0.314.